The standard InChI is InChI=1S/C23H22N2O5S/c26-23-18-5-1-2-6-22(18)31(27,28)25(15-17-4-3-9-24-14-17)19(23)12-16-7-8-20-21(13-16)30-11-10-29-20/h1-9,13-14,19,23,26H,10-12,15H2/t19-,23+/m1/s1. The first-order valence-corrected chi connectivity index (χ1v) is 11.5. The topological polar surface area (TPSA) is 89.0 Å². The molecule has 1 aromatic heterocycles. The van der Waals surface area contributed by atoms with Crippen LogP contribution in [-0.4, -0.2) is 42.1 Å². The van der Waals surface area contributed by atoms with Crippen LogP contribution in [0.5, 0.6) is 11.5 Å². The second kappa shape index (κ2) is 7.96. The van der Waals surface area contributed by atoms with E-state index >= 15 is 0 Å². The second-order valence-corrected chi connectivity index (χ2v) is 9.50. The summed E-state index contributed by atoms with van der Waals surface area (Å²) in [5.41, 5.74) is 2.04. The first kappa shape index (κ1) is 20.0. The van der Waals surface area contributed by atoms with Gasteiger partial charge in [0.15, 0.2) is 11.5 Å². The first-order chi connectivity index (χ1) is 15.0. The van der Waals surface area contributed by atoms with E-state index in [2.05, 4.69) is 4.98 Å². The highest BCUT2D eigenvalue weighted by atomic mass is 32.2. The van der Waals surface area contributed by atoms with Crippen LogP contribution in [0.2, 0.25) is 0 Å². The lowest BCUT2D eigenvalue weighted by atomic mass is 9.95. The Bertz CT molecular complexity index is 1200. The summed E-state index contributed by atoms with van der Waals surface area (Å²) in [5, 5.41) is 11.2. The molecule has 2 atom stereocenters. The number of benzene rings is 2. The average molecular weight is 439 g/mol. The fraction of sp³-hybridized carbons (Fsp3) is 0.261. The van der Waals surface area contributed by atoms with Crippen molar-refractivity contribution < 1.29 is 23.0 Å². The zero-order valence-corrected chi connectivity index (χ0v) is 17.5. The summed E-state index contributed by atoms with van der Waals surface area (Å²) in [4.78, 5) is 4.25. The van der Waals surface area contributed by atoms with E-state index in [1.165, 1.54) is 4.31 Å². The number of rotatable bonds is 4. The van der Waals surface area contributed by atoms with Crippen LogP contribution in [0, 0.1) is 0 Å². The summed E-state index contributed by atoms with van der Waals surface area (Å²) in [6.45, 7) is 1.09. The molecule has 0 unspecified atom stereocenters. The number of ether oxygens (including phenoxy) is 2. The van der Waals surface area contributed by atoms with Crippen molar-refractivity contribution in [2.75, 3.05) is 13.2 Å². The lowest BCUT2D eigenvalue weighted by molar-refractivity contribution is 0.0768. The summed E-state index contributed by atoms with van der Waals surface area (Å²) < 4.78 is 39.7. The monoisotopic (exact) mass is 438 g/mol. The highest BCUT2D eigenvalue weighted by Crippen LogP contribution is 2.40. The predicted octanol–water partition coefficient (Wildman–Crippen LogP) is 2.70. The van der Waals surface area contributed by atoms with Gasteiger partial charge in [0.25, 0.3) is 0 Å². The SMILES string of the molecule is O=S1(=O)c2ccccc2[C@H](O)[C@@H](Cc2ccc3c(c2)OCCO3)N1Cc1cccnc1. The zero-order valence-electron chi connectivity index (χ0n) is 16.7. The molecule has 0 saturated carbocycles. The molecule has 0 aliphatic carbocycles. The van der Waals surface area contributed by atoms with E-state index in [-0.39, 0.29) is 11.4 Å². The smallest absolute Gasteiger partial charge is 0.244 e. The molecule has 0 spiro atoms. The molecule has 2 aliphatic heterocycles. The maximum Gasteiger partial charge on any atom is 0.244 e. The molecule has 0 bridgehead atoms. The number of aliphatic hydroxyl groups excluding tert-OH is 1. The molecule has 5 rings (SSSR count). The number of hydrogen-bond donors (Lipinski definition) is 1. The summed E-state index contributed by atoms with van der Waals surface area (Å²) in [7, 11) is -3.81. The van der Waals surface area contributed by atoms with E-state index < -0.39 is 22.2 Å². The third-order valence-corrected chi connectivity index (χ3v) is 7.62. The van der Waals surface area contributed by atoms with Crippen molar-refractivity contribution in [3.8, 4) is 11.5 Å². The van der Waals surface area contributed by atoms with Gasteiger partial charge in [0, 0.05) is 24.5 Å². The normalized spacial score (nSPS) is 22.0. The Kier molecular flexibility index (Phi) is 5.13. The molecule has 31 heavy (non-hydrogen) atoms. The van der Waals surface area contributed by atoms with E-state index in [0.29, 0.717) is 36.7 Å². The van der Waals surface area contributed by atoms with Crippen molar-refractivity contribution in [2.24, 2.45) is 0 Å². The Morgan fingerprint density at radius 1 is 1.00 bits per heavy atom. The molecule has 0 fully saturated rings. The van der Waals surface area contributed by atoms with Crippen LogP contribution < -0.4 is 9.47 Å². The molecule has 0 radical (unpaired) electrons. The van der Waals surface area contributed by atoms with Gasteiger partial charge < -0.3 is 14.6 Å². The van der Waals surface area contributed by atoms with Crippen LogP contribution in [-0.2, 0) is 23.0 Å². The molecule has 1 N–H and O–H groups in total. The van der Waals surface area contributed by atoms with Gasteiger partial charge in [0.1, 0.15) is 13.2 Å². The lowest BCUT2D eigenvalue weighted by Gasteiger charge is -2.39. The zero-order chi connectivity index (χ0) is 21.4. The number of fused-ring (bicyclic) bond motifs is 2. The van der Waals surface area contributed by atoms with Gasteiger partial charge in [-0.2, -0.15) is 4.31 Å². The Labute approximate surface area is 180 Å². The number of nitrogens with zero attached hydrogens (tertiary/aromatic N) is 2. The maximum atomic E-state index is 13.5. The van der Waals surface area contributed by atoms with Crippen LogP contribution in [0.25, 0.3) is 0 Å². The minimum absolute atomic E-state index is 0.122. The van der Waals surface area contributed by atoms with Crippen molar-refractivity contribution in [3.63, 3.8) is 0 Å². The van der Waals surface area contributed by atoms with Gasteiger partial charge in [-0.25, -0.2) is 8.42 Å². The molecule has 2 aromatic carbocycles. The van der Waals surface area contributed by atoms with Crippen molar-refractivity contribution in [1.82, 2.24) is 9.29 Å². The van der Waals surface area contributed by atoms with Gasteiger partial charge in [-0.15, -0.1) is 0 Å². The fourth-order valence-electron chi connectivity index (χ4n) is 4.17. The molecule has 0 saturated heterocycles. The minimum Gasteiger partial charge on any atom is -0.486 e. The van der Waals surface area contributed by atoms with E-state index in [0.717, 1.165) is 11.1 Å². The molecule has 7 nitrogen and oxygen atoms in total. The van der Waals surface area contributed by atoms with Gasteiger partial charge >= 0.3 is 0 Å². The number of aliphatic hydroxyl groups is 1. The Balaban J connectivity index is 1.55. The molecule has 3 aromatic rings. The molecule has 0 amide bonds. The van der Waals surface area contributed by atoms with Crippen molar-refractivity contribution in [2.45, 2.75) is 30.0 Å². The summed E-state index contributed by atoms with van der Waals surface area (Å²) in [6, 6.07) is 15.1. The van der Waals surface area contributed by atoms with Crippen molar-refractivity contribution in [1.29, 1.82) is 0 Å². The average Bonchev–Trinajstić information content (AvgIpc) is 2.80. The Morgan fingerprint density at radius 2 is 1.81 bits per heavy atom. The molecule has 2 aliphatic rings. The van der Waals surface area contributed by atoms with Crippen LogP contribution in [0.15, 0.2) is 71.9 Å². The third kappa shape index (κ3) is 3.67. The molecule has 8 heteroatoms. The van der Waals surface area contributed by atoms with Crippen LogP contribution in [0.4, 0.5) is 0 Å². The highest BCUT2D eigenvalue weighted by molar-refractivity contribution is 7.89. The van der Waals surface area contributed by atoms with Gasteiger partial charge in [0.05, 0.1) is 17.0 Å². The summed E-state index contributed by atoms with van der Waals surface area (Å²) in [5.74, 6) is 1.31. The maximum absolute atomic E-state index is 13.5. The molecular formula is C23H22N2O5S. The third-order valence-electron chi connectivity index (χ3n) is 5.67. The summed E-state index contributed by atoms with van der Waals surface area (Å²) >= 11 is 0. The molecule has 160 valence electrons. The van der Waals surface area contributed by atoms with Crippen molar-refractivity contribution in [3.05, 3.63) is 83.7 Å². The predicted molar refractivity (Wildman–Crippen MR) is 113 cm³/mol. The van der Waals surface area contributed by atoms with E-state index in [9.17, 15) is 13.5 Å². The summed E-state index contributed by atoms with van der Waals surface area (Å²) in [6.07, 6.45) is 2.64. The second-order valence-electron chi connectivity index (χ2n) is 7.64. The number of aromatic nitrogens is 1. The first-order valence-electron chi connectivity index (χ1n) is 10.1. The quantitative estimate of drug-likeness (QED) is 0.674. The lowest BCUT2D eigenvalue weighted by Crippen LogP contribution is -2.48. The van der Waals surface area contributed by atoms with Gasteiger partial charge in [0.2, 0.25) is 10.0 Å². The Hall–Kier alpha value is -2.94. The van der Waals surface area contributed by atoms with Crippen LogP contribution in [0.3, 0.4) is 0 Å². The van der Waals surface area contributed by atoms with Gasteiger partial charge in [-0.05, 0) is 41.8 Å². The van der Waals surface area contributed by atoms with Crippen LogP contribution >= 0.6 is 0 Å². The van der Waals surface area contributed by atoms with E-state index in [1.54, 1.807) is 42.7 Å². The number of pyridine rings is 1. The van der Waals surface area contributed by atoms with Crippen LogP contribution in [0.1, 0.15) is 22.8 Å². The fourth-order valence-corrected chi connectivity index (χ4v) is 6.03. The number of sulfonamides is 1. The largest absolute Gasteiger partial charge is 0.486 e. The minimum atomic E-state index is -3.81. The van der Waals surface area contributed by atoms with E-state index in [1.807, 2.05) is 24.3 Å². The van der Waals surface area contributed by atoms with E-state index in [4.69, 9.17) is 9.47 Å². The van der Waals surface area contributed by atoms with Gasteiger partial charge in [-0.3, -0.25) is 4.98 Å². The Morgan fingerprint density at radius 3 is 2.61 bits per heavy atom. The molecular weight excluding hydrogens is 416 g/mol. The van der Waals surface area contributed by atoms with Crippen molar-refractivity contribution >= 4 is 10.0 Å². The highest BCUT2D eigenvalue weighted by Gasteiger charge is 2.43. The van der Waals surface area contributed by atoms with Gasteiger partial charge in [-0.1, -0.05) is 30.3 Å². The molecule has 3 heterocycles. The number of hydrogen-bond acceptors (Lipinski definition) is 6.